The zero-order valence-corrected chi connectivity index (χ0v) is 12.5. The molecule has 0 unspecified atom stereocenters. The Hall–Kier alpha value is -3.08. The van der Waals surface area contributed by atoms with Gasteiger partial charge in [-0.3, -0.25) is 4.79 Å². The number of nitrogens with zero attached hydrogens (tertiary/aromatic N) is 3. The highest BCUT2D eigenvalue weighted by Crippen LogP contribution is 2.29. The Balaban J connectivity index is 1.80. The van der Waals surface area contributed by atoms with Gasteiger partial charge < -0.3 is 15.2 Å². The summed E-state index contributed by atoms with van der Waals surface area (Å²) in [6, 6.07) is 15.4. The summed E-state index contributed by atoms with van der Waals surface area (Å²) in [6.07, 6.45) is 3.58. The average Bonchev–Trinajstić information content (AvgIpc) is 2.94. The Kier molecular flexibility index (Phi) is 3.12. The number of rotatable bonds is 1. The molecule has 5 nitrogen and oxygen atoms in total. The molecule has 114 valence electrons. The first-order valence-electron chi connectivity index (χ1n) is 7.48. The number of nitrogens with two attached hydrogens (primary N) is 1. The number of benzene rings is 1. The molecular weight excluding hydrogens is 288 g/mol. The molecule has 0 saturated carbocycles. The van der Waals surface area contributed by atoms with E-state index in [-0.39, 0.29) is 5.91 Å². The number of hydrogen-bond acceptors (Lipinski definition) is 3. The van der Waals surface area contributed by atoms with Gasteiger partial charge in [0.15, 0.2) is 0 Å². The zero-order chi connectivity index (χ0) is 15.8. The number of para-hydroxylation sites is 1. The Morgan fingerprint density at radius 1 is 1.04 bits per heavy atom. The SMILES string of the molecule is Nc1ccc(C(=O)N2Cc3cccn3Cc3ccccc32)cn1. The highest BCUT2D eigenvalue weighted by molar-refractivity contribution is 6.06. The fourth-order valence-electron chi connectivity index (χ4n) is 2.95. The third-order valence-corrected chi connectivity index (χ3v) is 4.15. The van der Waals surface area contributed by atoms with Gasteiger partial charge in [0.2, 0.25) is 0 Å². The number of nitrogen functional groups attached to an aromatic ring is 1. The molecular formula is C18H16N4O. The van der Waals surface area contributed by atoms with Crippen molar-refractivity contribution in [2.24, 2.45) is 0 Å². The number of fused-ring (bicyclic) bond motifs is 2. The molecule has 1 amide bonds. The molecule has 3 aromatic rings. The summed E-state index contributed by atoms with van der Waals surface area (Å²) in [5.74, 6) is 0.339. The van der Waals surface area contributed by atoms with Gasteiger partial charge in [0.25, 0.3) is 5.91 Å². The summed E-state index contributed by atoms with van der Waals surface area (Å²) >= 11 is 0. The van der Waals surface area contributed by atoms with Crippen LogP contribution in [0.2, 0.25) is 0 Å². The van der Waals surface area contributed by atoms with Gasteiger partial charge in [-0.15, -0.1) is 0 Å². The topological polar surface area (TPSA) is 64.2 Å². The first kappa shape index (κ1) is 13.6. The number of anilines is 2. The highest BCUT2D eigenvalue weighted by atomic mass is 16.2. The summed E-state index contributed by atoms with van der Waals surface area (Å²) in [7, 11) is 0. The van der Waals surface area contributed by atoms with Gasteiger partial charge in [0, 0.05) is 30.3 Å². The summed E-state index contributed by atoms with van der Waals surface area (Å²) in [6.45, 7) is 1.30. The van der Waals surface area contributed by atoms with Crippen LogP contribution in [0.3, 0.4) is 0 Å². The standard InChI is InChI=1S/C18H16N4O/c19-17-8-7-13(10-20-17)18(23)22-12-15-5-3-9-21(15)11-14-4-1-2-6-16(14)22/h1-10H,11-12H2,(H2,19,20). The van der Waals surface area contributed by atoms with Crippen LogP contribution in [-0.4, -0.2) is 15.5 Å². The zero-order valence-electron chi connectivity index (χ0n) is 12.5. The molecule has 0 aliphatic carbocycles. The largest absolute Gasteiger partial charge is 0.384 e. The number of carbonyl (C=O) groups excluding carboxylic acids is 1. The van der Waals surface area contributed by atoms with Crippen molar-refractivity contribution in [2.45, 2.75) is 13.1 Å². The molecule has 0 saturated heterocycles. The van der Waals surface area contributed by atoms with E-state index in [1.807, 2.05) is 36.5 Å². The smallest absolute Gasteiger partial charge is 0.260 e. The van der Waals surface area contributed by atoms with Crippen LogP contribution in [0.15, 0.2) is 60.9 Å². The van der Waals surface area contributed by atoms with E-state index < -0.39 is 0 Å². The summed E-state index contributed by atoms with van der Waals surface area (Å²) in [5.41, 5.74) is 9.33. The number of pyridine rings is 1. The minimum atomic E-state index is -0.0698. The van der Waals surface area contributed by atoms with Crippen LogP contribution in [0.25, 0.3) is 0 Å². The Bertz CT molecular complexity index is 867. The van der Waals surface area contributed by atoms with Crippen molar-refractivity contribution in [3.63, 3.8) is 0 Å². The molecule has 1 aromatic carbocycles. The van der Waals surface area contributed by atoms with E-state index in [4.69, 9.17) is 5.73 Å². The van der Waals surface area contributed by atoms with E-state index in [1.165, 1.54) is 6.20 Å². The second-order valence-corrected chi connectivity index (χ2v) is 5.62. The van der Waals surface area contributed by atoms with Crippen molar-refractivity contribution in [2.75, 3.05) is 10.6 Å². The Morgan fingerprint density at radius 3 is 2.74 bits per heavy atom. The van der Waals surface area contributed by atoms with E-state index in [1.54, 1.807) is 17.0 Å². The highest BCUT2D eigenvalue weighted by Gasteiger charge is 2.24. The van der Waals surface area contributed by atoms with E-state index in [2.05, 4.69) is 15.6 Å². The number of carbonyl (C=O) groups is 1. The maximum absolute atomic E-state index is 13.0. The lowest BCUT2D eigenvalue weighted by molar-refractivity contribution is 0.0984. The Labute approximate surface area is 134 Å². The van der Waals surface area contributed by atoms with Crippen LogP contribution in [-0.2, 0) is 13.1 Å². The van der Waals surface area contributed by atoms with Crippen LogP contribution in [0.5, 0.6) is 0 Å². The maximum Gasteiger partial charge on any atom is 0.260 e. The molecule has 0 radical (unpaired) electrons. The van der Waals surface area contributed by atoms with Crippen molar-refractivity contribution in [1.82, 2.24) is 9.55 Å². The lowest BCUT2D eigenvalue weighted by Crippen LogP contribution is -2.30. The molecule has 2 N–H and O–H groups in total. The van der Waals surface area contributed by atoms with Gasteiger partial charge in [-0.05, 0) is 35.9 Å². The summed E-state index contributed by atoms with van der Waals surface area (Å²) in [5, 5.41) is 0. The molecule has 1 aliphatic heterocycles. The third kappa shape index (κ3) is 2.36. The number of amides is 1. The maximum atomic E-state index is 13.0. The number of aromatic nitrogens is 2. The van der Waals surface area contributed by atoms with Crippen molar-refractivity contribution >= 4 is 17.4 Å². The molecule has 0 fully saturated rings. The fraction of sp³-hybridized carbons (Fsp3) is 0.111. The monoisotopic (exact) mass is 304 g/mol. The lowest BCUT2D eigenvalue weighted by Gasteiger charge is -2.22. The van der Waals surface area contributed by atoms with E-state index >= 15 is 0 Å². The second-order valence-electron chi connectivity index (χ2n) is 5.62. The van der Waals surface area contributed by atoms with E-state index in [0.29, 0.717) is 17.9 Å². The van der Waals surface area contributed by atoms with Crippen molar-refractivity contribution in [3.8, 4) is 0 Å². The molecule has 23 heavy (non-hydrogen) atoms. The molecule has 2 aromatic heterocycles. The van der Waals surface area contributed by atoms with Gasteiger partial charge in [-0.25, -0.2) is 4.98 Å². The van der Waals surface area contributed by atoms with E-state index in [9.17, 15) is 4.79 Å². The van der Waals surface area contributed by atoms with Crippen molar-refractivity contribution < 1.29 is 4.79 Å². The molecule has 0 spiro atoms. The molecule has 4 rings (SSSR count). The van der Waals surface area contributed by atoms with Crippen LogP contribution in [0, 0.1) is 0 Å². The van der Waals surface area contributed by atoms with Gasteiger partial charge in [-0.2, -0.15) is 0 Å². The third-order valence-electron chi connectivity index (χ3n) is 4.15. The van der Waals surface area contributed by atoms with E-state index in [0.717, 1.165) is 23.5 Å². The van der Waals surface area contributed by atoms with Crippen LogP contribution < -0.4 is 10.6 Å². The number of hydrogen-bond donors (Lipinski definition) is 1. The lowest BCUT2D eigenvalue weighted by atomic mass is 10.1. The first-order valence-corrected chi connectivity index (χ1v) is 7.48. The van der Waals surface area contributed by atoms with Crippen molar-refractivity contribution in [3.05, 3.63) is 77.7 Å². The average molecular weight is 304 g/mol. The van der Waals surface area contributed by atoms with Gasteiger partial charge in [-0.1, -0.05) is 18.2 Å². The minimum absolute atomic E-state index is 0.0698. The summed E-state index contributed by atoms with van der Waals surface area (Å²) < 4.78 is 2.17. The second kappa shape index (κ2) is 5.28. The molecule has 1 aliphatic rings. The quantitative estimate of drug-likeness (QED) is 0.751. The molecule has 3 heterocycles. The first-order chi connectivity index (χ1) is 11.2. The molecule has 5 heteroatoms. The van der Waals surface area contributed by atoms with Crippen LogP contribution in [0.1, 0.15) is 21.6 Å². The fourth-order valence-corrected chi connectivity index (χ4v) is 2.95. The van der Waals surface area contributed by atoms with Crippen LogP contribution >= 0.6 is 0 Å². The summed E-state index contributed by atoms with van der Waals surface area (Å²) in [4.78, 5) is 18.8. The minimum Gasteiger partial charge on any atom is -0.384 e. The predicted octanol–water partition coefficient (Wildman–Crippen LogP) is 2.67. The normalized spacial score (nSPS) is 13.1. The van der Waals surface area contributed by atoms with Crippen LogP contribution in [0.4, 0.5) is 11.5 Å². The Morgan fingerprint density at radius 2 is 1.91 bits per heavy atom. The van der Waals surface area contributed by atoms with Gasteiger partial charge in [0.05, 0.1) is 12.1 Å². The van der Waals surface area contributed by atoms with Gasteiger partial charge >= 0.3 is 0 Å². The van der Waals surface area contributed by atoms with Crippen molar-refractivity contribution in [1.29, 1.82) is 0 Å². The predicted molar refractivity (Wildman–Crippen MR) is 89.1 cm³/mol. The van der Waals surface area contributed by atoms with Gasteiger partial charge in [0.1, 0.15) is 5.82 Å². The molecule has 0 bridgehead atoms. The molecule has 0 atom stereocenters.